The molecule has 0 aromatic carbocycles. The second-order valence-corrected chi connectivity index (χ2v) is 3.21. The van der Waals surface area contributed by atoms with Crippen LogP contribution in [0.2, 0.25) is 0 Å². The van der Waals surface area contributed by atoms with Gasteiger partial charge in [0.1, 0.15) is 0 Å². The quantitative estimate of drug-likeness (QED) is 0.762. The zero-order chi connectivity index (χ0) is 11.3. The van der Waals surface area contributed by atoms with Crippen LogP contribution in [0.3, 0.4) is 0 Å². The van der Waals surface area contributed by atoms with Crippen LogP contribution >= 0.6 is 0 Å². The van der Waals surface area contributed by atoms with Crippen molar-refractivity contribution in [2.45, 2.75) is 19.4 Å². The number of hydrogen-bond acceptors (Lipinski definition) is 3. The Kier molecular flexibility index (Phi) is 3.79. The zero-order valence-electron chi connectivity index (χ0n) is 8.30. The topological polar surface area (TPSA) is 79.3 Å². The maximum atomic E-state index is 11.5. The van der Waals surface area contributed by atoms with Gasteiger partial charge in [0, 0.05) is 24.0 Å². The smallest absolute Gasteiger partial charge is 0.305 e. The Morgan fingerprint density at radius 1 is 1.47 bits per heavy atom. The molecule has 2 N–H and O–H groups in total. The molecular formula is C10H12N2O3. The highest BCUT2D eigenvalue weighted by atomic mass is 16.4. The summed E-state index contributed by atoms with van der Waals surface area (Å²) in [6.07, 6.45) is 2.93. The van der Waals surface area contributed by atoms with Gasteiger partial charge in [0.2, 0.25) is 0 Å². The largest absolute Gasteiger partial charge is 0.481 e. The van der Waals surface area contributed by atoms with Crippen molar-refractivity contribution in [1.82, 2.24) is 10.3 Å². The predicted molar refractivity (Wildman–Crippen MR) is 53.4 cm³/mol. The van der Waals surface area contributed by atoms with E-state index >= 15 is 0 Å². The molecule has 0 fully saturated rings. The monoisotopic (exact) mass is 208 g/mol. The normalized spacial score (nSPS) is 11.8. The number of carbonyl (C=O) groups is 2. The summed E-state index contributed by atoms with van der Waals surface area (Å²) in [5, 5.41) is 11.1. The Labute approximate surface area is 87.1 Å². The number of nitrogens with one attached hydrogen (secondary N) is 1. The number of aromatic nitrogens is 1. The van der Waals surface area contributed by atoms with Crippen LogP contribution in [0.5, 0.6) is 0 Å². The molecule has 0 saturated heterocycles. The summed E-state index contributed by atoms with van der Waals surface area (Å²) in [6.45, 7) is 1.65. The lowest BCUT2D eigenvalue weighted by Gasteiger charge is -2.10. The van der Waals surface area contributed by atoms with E-state index in [4.69, 9.17) is 5.11 Å². The van der Waals surface area contributed by atoms with Crippen molar-refractivity contribution < 1.29 is 14.7 Å². The molecule has 1 unspecified atom stereocenters. The van der Waals surface area contributed by atoms with Gasteiger partial charge in [-0.1, -0.05) is 0 Å². The average molecular weight is 208 g/mol. The van der Waals surface area contributed by atoms with E-state index in [-0.39, 0.29) is 18.4 Å². The molecule has 0 bridgehead atoms. The molecule has 1 rings (SSSR count). The highest BCUT2D eigenvalue weighted by molar-refractivity contribution is 5.94. The van der Waals surface area contributed by atoms with Gasteiger partial charge in [0.15, 0.2) is 0 Å². The van der Waals surface area contributed by atoms with E-state index in [1.807, 2.05) is 0 Å². The molecule has 1 atom stereocenters. The first-order valence-electron chi connectivity index (χ1n) is 4.52. The van der Waals surface area contributed by atoms with Crippen LogP contribution in [0, 0.1) is 0 Å². The van der Waals surface area contributed by atoms with Crippen LogP contribution in [-0.4, -0.2) is 28.0 Å². The Morgan fingerprint density at radius 2 is 2.07 bits per heavy atom. The summed E-state index contributed by atoms with van der Waals surface area (Å²) < 4.78 is 0. The fourth-order valence-corrected chi connectivity index (χ4v) is 1.12. The summed E-state index contributed by atoms with van der Waals surface area (Å²) in [5.41, 5.74) is 0.474. The van der Waals surface area contributed by atoms with E-state index in [0.717, 1.165) is 0 Å². The molecule has 5 heteroatoms. The third kappa shape index (κ3) is 3.76. The van der Waals surface area contributed by atoms with Crippen molar-refractivity contribution in [3.63, 3.8) is 0 Å². The SMILES string of the molecule is CC(CC(=O)O)NC(=O)c1ccncc1. The van der Waals surface area contributed by atoms with Crippen molar-refractivity contribution in [1.29, 1.82) is 0 Å². The van der Waals surface area contributed by atoms with Crippen LogP contribution in [0.15, 0.2) is 24.5 Å². The van der Waals surface area contributed by atoms with Gasteiger partial charge in [-0.2, -0.15) is 0 Å². The Morgan fingerprint density at radius 3 is 2.60 bits per heavy atom. The maximum absolute atomic E-state index is 11.5. The number of hydrogen-bond donors (Lipinski definition) is 2. The van der Waals surface area contributed by atoms with Gasteiger partial charge in [0.25, 0.3) is 5.91 Å². The minimum atomic E-state index is -0.933. The van der Waals surface area contributed by atoms with Gasteiger partial charge in [-0.3, -0.25) is 14.6 Å². The summed E-state index contributed by atoms with van der Waals surface area (Å²) in [7, 11) is 0. The van der Waals surface area contributed by atoms with Crippen molar-refractivity contribution in [3.8, 4) is 0 Å². The third-order valence-corrected chi connectivity index (χ3v) is 1.80. The lowest BCUT2D eigenvalue weighted by Crippen LogP contribution is -2.34. The van der Waals surface area contributed by atoms with Gasteiger partial charge >= 0.3 is 5.97 Å². The van der Waals surface area contributed by atoms with Crippen molar-refractivity contribution in [2.24, 2.45) is 0 Å². The zero-order valence-corrected chi connectivity index (χ0v) is 8.30. The molecule has 1 amide bonds. The summed E-state index contributed by atoms with van der Waals surface area (Å²) >= 11 is 0. The van der Waals surface area contributed by atoms with Crippen LogP contribution in [0.1, 0.15) is 23.7 Å². The summed E-state index contributed by atoms with van der Waals surface area (Å²) in [6, 6.07) is 2.76. The molecule has 5 nitrogen and oxygen atoms in total. The predicted octanol–water partition coefficient (Wildman–Crippen LogP) is 0.675. The molecule has 0 spiro atoms. The second kappa shape index (κ2) is 5.09. The molecule has 0 saturated carbocycles. The molecule has 1 aromatic heterocycles. The van der Waals surface area contributed by atoms with Crippen LogP contribution < -0.4 is 5.32 Å². The fraction of sp³-hybridized carbons (Fsp3) is 0.300. The number of aliphatic carboxylic acids is 1. The van der Waals surface area contributed by atoms with Gasteiger partial charge in [-0.15, -0.1) is 0 Å². The van der Waals surface area contributed by atoms with Gasteiger partial charge < -0.3 is 10.4 Å². The van der Waals surface area contributed by atoms with Crippen molar-refractivity contribution in [2.75, 3.05) is 0 Å². The van der Waals surface area contributed by atoms with Crippen LogP contribution in [0.4, 0.5) is 0 Å². The van der Waals surface area contributed by atoms with E-state index in [2.05, 4.69) is 10.3 Å². The van der Waals surface area contributed by atoms with E-state index in [1.54, 1.807) is 19.1 Å². The highest BCUT2D eigenvalue weighted by Crippen LogP contribution is 1.98. The second-order valence-electron chi connectivity index (χ2n) is 3.21. The van der Waals surface area contributed by atoms with E-state index in [9.17, 15) is 9.59 Å². The summed E-state index contributed by atoms with van der Waals surface area (Å²) in [5.74, 6) is -1.22. The number of nitrogens with zero attached hydrogens (tertiary/aromatic N) is 1. The summed E-state index contributed by atoms with van der Waals surface area (Å²) in [4.78, 5) is 25.7. The molecule has 0 aliphatic carbocycles. The maximum Gasteiger partial charge on any atom is 0.305 e. The molecule has 0 radical (unpaired) electrons. The van der Waals surface area contributed by atoms with Crippen LogP contribution in [0.25, 0.3) is 0 Å². The minimum Gasteiger partial charge on any atom is -0.481 e. The van der Waals surface area contributed by atoms with E-state index in [0.29, 0.717) is 5.56 Å². The number of carboxylic acids is 1. The van der Waals surface area contributed by atoms with Gasteiger partial charge in [-0.05, 0) is 19.1 Å². The highest BCUT2D eigenvalue weighted by Gasteiger charge is 2.11. The van der Waals surface area contributed by atoms with E-state index in [1.165, 1.54) is 12.4 Å². The van der Waals surface area contributed by atoms with E-state index < -0.39 is 5.97 Å². The molecule has 0 aliphatic rings. The van der Waals surface area contributed by atoms with Gasteiger partial charge in [-0.25, -0.2) is 0 Å². The molecule has 0 aliphatic heterocycles. The molecule has 15 heavy (non-hydrogen) atoms. The Balaban J connectivity index is 2.53. The third-order valence-electron chi connectivity index (χ3n) is 1.80. The van der Waals surface area contributed by atoms with Crippen molar-refractivity contribution in [3.05, 3.63) is 30.1 Å². The molecule has 1 aromatic rings. The Hall–Kier alpha value is -1.91. The fourth-order valence-electron chi connectivity index (χ4n) is 1.12. The number of carbonyl (C=O) groups excluding carboxylic acids is 1. The number of pyridine rings is 1. The first kappa shape index (κ1) is 11.2. The van der Waals surface area contributed by atoms with Crippen LogP contribution in [-0.2, 0) is 4.79 Å². The lowest BCUT2D eigenvalue weighted by molar-refractivity contribution is -0.137. The number of rotatable bonds is 4. The molecule has 80 valence electrons. The molecule has 1 heterocycles. The first-order chi connectivity index (χ1) is 7.09. The standard InChI is InChI=1S/C10H12N2O3/c1-7(6-9(13)14)12-10(15)8-2-4-11-5-3-8/h2-5,7H,6H2,1H3,(H,12,15)(H,13,14). The van der Waals surface area contributed by atoms with Crippen molar-refractivity contribution >= 4 is 11.9 Å². The minimum absolute atomic E-state index is 0.0865. The van der Waals surface area contributed by atoms with Gasteiger partial charge in [0.05, 0.1) is 6.42 Å². The average Bonchev–Trinajstić information content (AvgIpc) is 2.17. The number of carboxylic acid groups (broad SMARTS) is 1. The number of amides is 1. The Bertz CT molecular complexity index is 351. The lowest BCUT2D eigenvalue weighted by atomic mass is 10.2. The first-order valence-corrected chi connectivity index (χ1v) is 4.52. The molecular weight excluding hydrogens is 196 g/mol.